The zero-order chi connectivity index (χ0) is 23.5. The Kier molecular flexibility index (Phi) is 10.7. The van der Waals surface area contributed by atoms with Crippen LogP contribution < -0.4 is 9.47 Å². The number of aliphatic hydroxyl groups excluding tert-OH is 1. The lowest BCUT2D eigenvalue weighted by atomic mass is 9.98. The summed E-state index contributed by atoms with van der Waals surface area (Å²) in [5.74, 6) is 0.110. The van der Waals surface area contributed by atoms with E-state index in [1.54, 1.807) is 13.0 Å². The molecule has 1 N–H and O–H groups in total. The first-order chi connectivity index (χ1) is 15.3. The molecule has 2 atom stereocenters. The summed E-state index contributed by atoms with van der Waals surface area (Å²) in [4.78, 5) is 35.3. The van der Waals surface area contributed by atoms with Crippen molar-refractivity contribution < 1.29 is 33.7 Å². The second kappa shape index (κ2) is 13.2. The number of carbonyl (C=O) groups excluding carboxylic acids is 3. The Labute approximate surface area is 190 Å². The van der Waals surface area contributed by atoms with Crippen LogP contribution >= 0.6 is 0 Å². The molecule has 0 aliphatic carbocycles. The number of hydrogen-bond donors (Lipinski definition) is 1. The van der Waals surface area contributed by atoms with E-state index in [1.165, 1.54) is 20.1 Å². The molecule has 1 aromatic carbocycles. The topological polar surface area (TPSA) is 99.1 Å². The van der Waals surface area contributed by atoms with E-state index < -0.39 is 18.0 Å². The van der Waals surface area contributed by atoms with E-state index >= 15 is 0 Å². The Bertz CT molecular complexity index is 785. The molecule has 32 heavy (non-hydrogen) atoms. The van der Waals surface area contributed by atoms with E-state index in [-0.39, 0.29) is 11.9 Å². The average Bonchev–Trinajstić information content (AvgIpc) is 3.05. The summed E-state index contributed by atoms with van der Waals surface area (Å²) in [5, 5.41) is 9.21. The number of Topliss-reactive ketones (excluding diaryl/α,β-unsaturated/α-hetero) is 1. The van der Waals surface area contributed by atoms with E-state index in [0.717, 1.165) is 44.9 Å². The number of cyclic esters (lactones) is 1. The second-order valence-electron chi connectivity index (χ2n) is 8.52. The number of benzene rings is 1. The first-order valence-electron chi connectivity index (χ1n) is 11.6. The van der Waals surface area contributed by atoms with Crippen molar-refractivity contribution >= 4 is 17.7 Å². The van der Waals surface area contributed by atoms with E-state index in [9.17, 15) is 19.5 Å². The fourth-order valence-corrected chi connectivity index (χ4v) is 3.97. The average molecular weight is 449 g/mol. The maximum Gasteiger partial charge on any atom is 0.342 e. The third-order valence-corrected chi connectivity index (χ3v) is 5.65. The van der Waals surface area contributed by atoms with Gasteiger partial charge in [0.05, 0.1) is 13.2 Å². The lowest BCUT2D eigenvalue weighted by molar-refractivity contribution is -0.131. The highest BCUT2D eigenvalue weighted by Gasteiger charge is 2.34. The minimum absolute atomic E-state index is 0.241. The summed E-state index contributed by atoms with van der Waals surface area (Å²) >= 11 is 0. The van der Waals surface area contributed by atoms with Gasteiger partial charge in [0.1, 0.15) is 28.9 Å². The quantitative estimate of drug-likeness (QED) is 0.227. The van der Waals surface area contributed by atoms with Gasteiger partial charge in [-0.05, 0) is 38.7 Å². The molecular weight excluding hydrogens is 412 g/mol. The molecule has 0 fully saturated rings. The molecule has 7 nitrogen and oxygen atoms in total. The van der Waals surface area contributed by atoms with Gasteiger partial charge in [-0.2, -0.15) is 0 Å². The predicted octanol–water partition coefficient (Wildman–Crippen LogP) is 5.07. The third kappa shape index (κ3) is 8.26. The molecule has 0 radical (unpaired) electrons. The normalized spacial score (nSPS) is 15.8. The van der Waals surface area contributed by atoms with Crippen LogP contribution in [-0.4, -0.2) is 36.0 Å². The number of ketones is 1. The molecule has 2 rings (SSSR count). The molecule has 178 valence electrons. The van der Waals surface area contributed by atoms with Crippen molar-refractivity contribution in [1.82, 2.24) is 0 Å². The number of ether oxygens (including phenoxy) is 3. The Morgan fingerprint density at radius 2 is 1.72 bits per heavy atom. The van der Waals surface area contributed by atoms with Gasteiger partial charge in [0.25, 0.3) is 0 Å². The largest absolute Gasteiger partial charge is 0.496 e. The number of aliphatic hydroxyl groups is 1. The number of carbonyl (C=O) groups is 3. The van der Waals surface area contributed by atoms with Gasteiger partial charge in [0.2, 0.25) is 0 Å². The summed E-state index contributed by atoms with van der Waals surface area (Å²) in [6.07, 6.45) is 8.84. The smallest absolute Gasteiger partial charge is 0.342 e. The molecule has 0 saturated heterocycles. The van der Waals surface area contributed by atoms with Crippen LogP contribution in [0.25, 0.3) is 0 Å². The van der Waals surface area contributed by atoms with Crippen molar-refractivity contribution in [3.8, 4) is 11.5 Å². The van der Waals surface area contributed by atoms with Crippen molar-refractivity contribution in [3.63, 3.8) is 0 Å². The Morgan fingerprint density at radius 1 is 1.06 bits per heavy atom. The molecule has 0 saturated carbocycles. The predicted molar refractivity (Wildman–Crippen MR) is 120 cm³/mol. The van der Waals surface area contributed by atoms with Gasteiger partial charge < -0.3 is 19.3 Å². The highest BCUT2D eigenvalue weighted by Crippen LogP contribution is 2.41. The Morgan fingerprint density at radius 3 is 2.34 bits per heavy atom. The molecule has 7 heteroatoms. The molecular formula is C25H36O7. The molecule has 1 heterocycles. The molecule has 0 spiro atoms. The first kappa shape index (κ1) is 25.8. The summed E-state index contributed by atoms with van der Waals surface area (Å²) in [5.41, 5.74) is 1.13. The summed E-state index contributed by atoms with van der Waals surface area (Å²) in [7, 11) is 1.47. The van der Waals surface area contributed by atoms with E-state index in [2.05, 4.69) is 0 Å². The van der Waals surface area contributed by atoms with Gasteiger partial charge in [-0.1, -0.05) is 32.1 Å². The summed E-state index contributed by atoms with van der Waals surface area (Å²) in [6.45, 7) is 3.04. The van der Waals surface area contributed by atoms with Crippen LogP contribution in [0.1, 0.15) is 107 Å². The van der Waals surface area contributed by atoms with Gasteiger partial charge in [0.15, 0.2) is 0 Å². The molecule has 2 unspecified atom stereocenters. The van der Waals surface area contributed by atoms with Gasteiger partial charge in [-0.15, -0.1) is 0 Å². The van der Waals surface area contributed by atoms with Crippen LogP contribution in [0.15, 0.2) is 12.1 Å². The first-order valence-corrected chi connectivity index (χ1v) is 11.6. The van der Waals surface area contributed by atoms with E-state index in [1.807, 2.05) is 0 Å². The van der Waals surface area contributed by atoms with Crippen molar-refractivity contribution in [2.24, 2.45) is 0 Å². The summed E-state index contributed by atoms with van der Waals surface area (Å²) in [6, 6.07) is 3.22. The molecule has 0 aromatic heterocycles. The monoisotopic (exact) mass is 448 g/mol. The highest BCUT2D eigenvalue weighted by molar-refractivity contribution is 5.97. The number of esters is 2. The van der Waals surface area contributed by atoms with Crippen LogP contribution in [0.3, 0.4) is 0 Å². The number of fused-ring (bicyclic) bond motifs is 1. The van der Waals surface area contributed by atoms with Crippen LogP contribution in [0, 0.1) is 0 Å². The van der Waals surface area contributed by atoms with Gasteiger partial charge in [-0.25, -0.2) is 4.79 Å². The standard InChI is InChI=1S/C25H36O7/c1-17(26)13-14-19(28)11-9-7-5-4-6-8-10-12-22-21-15-20(31-18(2)27)16-23(30-3)24(21)25(29)32-22/h15-17,22,26H,4-14H2,1-3H3. The van der Waals surface area contributed by atoms with Gasteiger partial charge in [0, 0.05) is 31.4 Å². The molecule has 1 aromatic rings. The lowest BCUT2D eigenvalue weighted by Gasteiger charge is -2.12. The zero-order valence-corrected chi connectivity index (χ0v) is 19.5. The van der Waals surface area contributed by atoms with Crippen LogP contribution in [0.4, 0.5) is 0 Å². The Balaban J connectivity index is 1.68. The maximum absolute atomic E-state index is 12.3. The SMILES string of the molecule is COc1cc(OC(C)=O)cc2c1C(=O)OC2CCCCCCCCCC(=O)CCC(C)O. The van der Waals surface area contributed by atoms with Crippen LogP contribution in [0.2, 0.25) is 0 Å². The lowest BCUT2D eigenvalue weighted by Crippen LogP contribution is -2.05. The molecule has 1 aliphatic heterocycles. The van der Waals surface area contributed by atoms with Crippen LogP contribution in [0.5, 0.6) is 11.5 Å². The molecule has 1 aliphatic rings. The number of methoxy groups -OCH3 is 1. The van der Waals surface area contributed by atoms with E-state index in [4.69, 9.17) is 14.2 Å². The van der Waals surface area contributed by atoms with E-state index in [0.29, 0.717) is 48.3 Å². The Hall–Kier alpha value is -2.41. The van der Waals surface area contributed by atoms with Crippen molar-refractivity contribution in [1.29, 1.82) is 0 Å². The van der Waals surface area contributed by atoms with Crippen molar-refractivity contribution in [2.75, 3.05) is 7.11 Å². The maximum atomic E-state index is 12.3. The highest BCUT2D eigenvalue weighted by atomic mass is 16.6. The minimum Gasteiger partial charge on any atom is -0.496 e. The molecule has 0 bridgehead atoms. The van der Waals surface area contributed by atoms with Gasteiger partial charge in [-0.3, -0.25) is 9.59 Å². The van der Waals surface area contributed by atoms with Crippen molar-refractivity contribution in [3.05, 3.63) is 23.3 Å². The van der Waals surface area contributed by atoms with Gasteiger partial charge >= 0.3 is 11.9 Å². The second-order valence-corrected chi connectivity index (χ2v) is 8.52. The number of hydrogen-bond acceptors (Lipinski definition) is 7. The fourth-order valence-electron chi connectivity index (χ4n) is 3.97. The fraction of sp³-hybridized carbons (Fsp3) is 0.640. The third-order valence-electron chi connectivity index (χ3n) is 5.65. The zero-order valence-electron chi connectivity index (χ0n) is 19.5. The molecule has 0 amide bonds. The van der Waals surface area contributed by atoms with Crippen LogP contribution in [-0.2, 0) is 14.3 Å². The minimum atomic E-state index is -0.432. The number of unbranched alkanes of at least 4 members (excludes halogenated alkanes) is 6. The number of rotatable bonds is 15. The summed E-state index contributed by atoms with van der Waals surface area (Å²) < 4.78 is 16.0. The van der Waals surface area contributed by atoms with Crippen molar-refractivity contribution in [2.45, 2.75) is 96.7 Å².